The number of nitrogens with zero attached hydrogens (tertiary/aromatic N) is 1. The van der Waals surface area contributed by atoms with Crippen LogP contribution in [-0.4, -0.2) is 49.3 Å². The van der Waals surface area contributed by atoms with Crippen molar-refractivity contribution in [3.8, 4) is 0 Å². The minimum Gasteiger partial charge on any atom is -0.438 e. The second-order valence-electron chi connectivity index (χ2n) is 14.3. The second-order valence-corrected chi connectivity index (χ2v) is 14.3. The van der Waals surface area contributed by atoms with Crippen LogP contribution in [0.3, 0.4) is 0 Å². The number of hydrogen-bond acceptors (Lipinski definition) is 5. The quantitative estimate of drug-likeness (QED) is 0.0527. The highest BCUT2D eigenvalue weighted by molar-refractivity contribution is 5.92. The van der Waals surface area contributed by atoms with Crippen LogP contribution in [0.5, 0.6) is 0 Å². The Kier molecular flexibility index (Phi) is 33.5. The van der Waals surface area contributed by atoms with E-state index in [1.807, 2.05) is 19.0 Å². The molecule has 6 heteroatoms. The maximum absolute atomic E-state index is 13.3. The fourth-order valence-corrected chi connectivity index (χ4v) is 6.32. The molecule has 0 radical (unpaired) electrons. The van der Waals surface area contributed by atoms with Gasteiger partial charge in [0.15, 0.2) is 11.9 Å². The molecule has 0 spiro atoms. The van der Waals surface area contributed by atoms with Crippen molar-refractivity contribution in [3.63, 3.8) is 0 Å². The van der Waals surface area contributed by atoms with Crippen LogP contribution in [0.25, 0.3) is 0 Å². The molecule has 0 aromatic carbocycles. The zero-order chi connectivity index (χ0) is 35.5. The van der Waals surface area contributed by atoms with Crippen molar-refractivity contribution in [1.29, 1.82) is 0 Å². The molecule has 0 saturated carbocycles. The molecule has 0 heterocycles. The summed E-state index contributed by atoms with van der Waals surface area (Å²) in [6.07, 6.45) is 39.0. The molecular formula is C42H78N2O4. The molecule has 2 N–H and O–H groups in total. The van der Waals surface area contributed by atoms with Crippen LogP contribution in [0.1, 0.15) is 194 Å². The fourth-order valence-electron chi connectivity index (χ4n) is 6.32. The Labute approximate surface area is 297 Å². The van der Waals surface area contributed by atoms with E-state index in [2.05, 4.69) is 38.2 Å². The minimum absolute atomic E-state index is 0.00882. The van der Waals surface area contributed by atoms with Gasteiger partial charge in [0.1, 0.15) is 5.78 Å². The third-order valence-electron chi connectivity index (χ3n) is 9.27. The number of ether oxygens (including phenoxy) is 1. The number of nitrogens with two attached hydrogens (primary N) is 1. The lowest BCUT2D eigenvalue weighted by Gasteiger charge is -2.27. The van der Waals surface area contributed by atoms with E-state index >= 15 is 0 Å². The van der Waals surface area contributed by atoms with Gasteiger partial charge in [0.05, 0.1) is 5.92 Å². The van der Waals surface area contributed by atoms with E-state index in [0.29, 0.717) is 19.4 Å². The van der Waals surface area contributed by atoms with Crippen LogP contribution in [0.2, 0.25) is 0 Å². The number of rotatable bonds is 36. The summed E-state index contributed by atoms with van der Waals surface area (Å²) in [6, 6.07) is 0. The van der Waals surface area contributed by atoms with Gasteiger partial charge < -0.3 is 15.4 Å². The SMILES string of the molecule is CCCCCCCC/C=C\CCCCCCCC(=O)C(CN(C)C)C(OC(N)=O)C(=O)CCCCCCC/C=C\CCCCCCCC. The van der Waals surface area contributed by atoms with Gasteiger partial charge in [0.2, 0.25) is 0 Å². The summed E-state index contributed by atoms with van der Waals surface area (Å²) in [7, 11) is 3.75. The number of allylic oxidation sites excluding steroid dienone is 4. The predicted octanol–water partition coefficient (Wildman–Crippen LogP) is 11.8. The summed E-state index contributed by atoms with van der Waals surface area (Å²) in [4.78, 5) is 40.2. The summed E-state index contributed by atoms with van der Waals surface area (Å²) < 4.78 is 5.33. The minimum atomic E-state index is -1.10. The third kappa shape index (κ3) is 30.1. The van der Waals surface area contributed by atoms with E-state index in [4.69, 9.17) is 10.5 Å². The first-order valence-electron chi connectivity index (χ1n) is 20.3. The lowest BCUT2D eigenvalue weighted by Crippen LogP contribution is -2.44. The number of ketones is 2. The Morgan fingerprint density at radius 2 is 0.854 bits per heavy atom. The number of amides is 1. The monoisotopic (exact) mass is 675 g/mol. The summed E-state index contributed by atoms with van der Waals surface area (Å²) in [6.45, 7) is 4.88. The van der Waals surface area contributed by atoms with E-state index in [1.165, 1.54) is 109 Å². The van der Waals surface area contributed by atoms with E-state index in [0.717, 1.165) is 57.8 Å². The Bertz CT molecular complexity index is 822. The van der Waals surface area contributed by atoms with Gasteiger partial charge in [-0.3, -0.25) is 9.59 Å². The molecule has 2 atom stereocenters. The lowest BCUT2D eigenvalue weighted by molar-refractivity contribution is -0.138. The Morgan fingerprint density at radius 1 is 0.521 bits per heavy atom. The van der Waals surface area contributed by atoms with Crippen LogP contribution in [-0.2, 0) is 14.3 Å². The zero-order valence-corrected chi connectivity index (χ0v) is 32.1. The summed E-state index contributed by atoms with van der Waals surface area (Å²) in [5, 5.41) is 0. The summed E-state index contributed by atoms with van der Waals surface area (Å²) >= 11 is 0. The van der Waals surface area contributed by atoms with Crippen molar-refractivity contribution < 1.29 is 19.1 Å². The van der Waals surface area contributed by atoms with E-state index in [9.17, 15) is 14.4 Å². The standard InChI is InChI=1S/C42H78N2O4/c1-5-7-9-11-13-15-17-19-21-23-25-27-29-31-33-35-39(45)38(37-44(3)4)41(48-42(43)47)40(46)36-34-32-30-28-26-24-22-20-18-16-14-12-10-8-6-2/h19-22,38,41H,5-18,23-37H2,1-4H3,(H2,43,47)/b21-19-,22-20-. The van der Waals surface area contributed by atoms with E-state index in [-0.39, 0.29) is 11.6 Å². The van der Waals surface area contributed by atoms with Crippen LogP contribution in [0, 0.1) is 5.92 Å². The normalized spacial score (nSPS) is 13.1. The van der Waals surface area contributed by atoms with E-state index < -0.39 is 18.1 Å². The highest BCUT2D eigenvalue weighted by Crippen LogP contribution is 2.20. The molecule has 0 bridgehead atoms. The van der Waals surface area contributed by atoms with Crippen molar-refractivity contribution in [2.75, 3.05) is 20.6 Å². The first-order valence-corrected chi connectivity index (χ1v) is 20.3. The molecule has 0 aromatic rings. The maximum Gasteiger partial charge on any atom is 0.405 e. The predicted molar refractivity (Wildman–Crippen MR) is 205 cm³/mol. The highest BCUT2D eigenvalue weighted by Gasteiger charge is 2.35. The van der Waals surface area contributed by atoms with Crippen LogP contribution < -0.4 is 5.73 Å². The largest absolute Gasteiger partial charge is 0.438 e. The van der Waals surface area contributed by atoms with Crippen LogP contribution in [0.15, 0.2) is 24.3 Å². The number of Topliss-reactive ketones (excluding diaryl/α,β-unsaturated/α-hetero) is 2. The topological polar surface area (TPSA) is 89.7 Å². The molecule has 0 aromatic heterocycles. The fraction of sp³-hybridized carbons (Fsp3) is 0.833. The number of primary amides is 1. The molecule has 0 aliphatic heterocycles. The molecule has 6 nitrogen and oxygen atoms in total. The highest BCUT2D eigenvalue weighted by atomic mass is 16.6. The molecular weight excluding hydrogens is 596 g/mol. The Morgan fingerprint density at radius 3 is 1.21 bits per heavy atom. The van der Waals surface area contributed by atoms with Crippen molar-refractivity contribution in [2.24, 2.45) is 11.7 Å². The first-order chi connectivity index (χ1) is 23.3. The van der Waals surface area contributed by atoms with Gasteiger partial charge in [0, 0.05) is 19.4 Å². The molecule has 0 aliphatic carbocycles. The zero-order valence-electron chi connectivity index (χ0n) is 32.1. The van der Waals surface area contributed by atoms with Gasteiger partial charge in [-0.1, -0.05) is 141 Å². The molecule has 0 aliphatic rings. The van der Waals surface area contributed by atoms with Crippen molar-refractivity contribution in [1.82, 2.24) is 4.90 Å². The molecule has 48 heavy (non-hydrogen) atoms. The summed E-state index contributed by atoms with van der Waals surface area (Å²) in [5.74, 6) is -0.874. The van der Waals surface area contributed by atoms with Gasteiger partial charge >= 0.3 is 6.09 Å². The maximum atomic E-state index is 13.3. The molecule has 0 rings (SSSR count). The second kappa shape index (κ2) is 34.9. The Balaban J connectivity index is 4.33. The Hall–Kier alpha value is -1.95. The lowest BCUT2D eigenvalue weighted by atomic mass is 9.89. The number of hydrogen-bond donors (Lipinski definition) is 1. The van der Waals surface area contributed by atoms with Gasteiger partial charge in [-0.05, 0) is 78.3 Å². The van der Waals surface area contributed by atoms with Crippen molar-refractivity contribution >= 4 is 17.7 Å². The molecule has 2 unspecified atom stereocenters. The molecule has 1 amide bonds. The van der Waals surface area contributed by atoms with Gasteiger partial charge in [-0.15, -0.1) is 0 Å². The average Bonchev–Trinajstić information content (AvgIpc) is 3.05. The number of carbonyl (C=O) groups is 3. The molecule has 0 fully saturated rings. The smallest absolute Gasteiger partial charge is 0.405 e. The third-order valence-corrected chi connectivity index (χ3v) is 9.27. The van der Waals surface area contributed by atoms with Crippen molar-refractivity contribution in [2.45, 2.75) is 200 Å². The van der Waals surface area contributed by atoms with Gasteiger partial charge in [-0.25, -0.2) is 4.79 Å². The summed E-state index contributed by atoms with van der Waals surface area (Å²) in [5.41, 5.74) is 5.37. The first kappa shape index (κ1) is 46.0. The molecule has 280 valence electrons. The number of unbranched alkanes of at least 4 members (excludes halogenated alkanes) is 22. The molecule has 0 saturated heterocycles. The van der Waals surface area contributed by atoms with Crippen LogP contribution >= 0.6 is 0 Å². The van der Waals surface area contributed by atoms with Gasteiger partial charge in [0.25, 0.3) is 0 Å². The number of carbonyl (C=O) groups excluding carboxylic acids is 3. The van der Waals surface area contributed by atoms with E-state index in [1.54, 1.807) is 0 Å². The van der Waals surface area contributed by atoms with Crippen molar-refractivity contribution in [3.05, 3.63) is 24.3 Å². The average molecular weight is 675 g/mol. The van der Waals surface area contributed by atoms with Crippen LogP contribution in [0.4, 0.5) is 4.79 Å². The van der Waals surface area contributed by atoms with Gasteiger partial charge in [-0.2, -0.15) is 0 Å².